The lowest BCUT2D eigenvalue weighted by molar-refractivity contribution is -0.122. The fourth-order valence-electron chi connectivity index (χ4n) is 3.07. The first-order valence-corrected chi connectivity index (χ1v) is 10.1. The predicted octanol–water partition coefficient (Wildman–Crippen LogP) is 2.35. The van der Waals surface area contributed by atoms with Gasteiger partial charge in [0.25, 0.3) is 5.91 Å². The number of fused-ring (bicyclic) bond motifs is 1. The second-order valence-electron chi connectivity index (χ2n) is 6.90. The van der Waals surface area contributed by atoms with Crippen LogP contribution in [0.4, 0.5) is 10.1 Å². The van der Waals surface area contributed by atoms with Gasteiger partial charge in [-0.1, -0.05) is 0 Å². The van der Waals surface area contributed by atoms with Gasteiger partial charge >= 0.3 is 5.69 Å². The second kappa shape index (κ2) is 8.25. The van der Waals surface area contributed by atoms with Gasteiger partial charge in [-0.3, -0.25) is 9.36 Å². The molecule has 2 aromatic heterocycles. The summed E-state index contributed by atoms with van der Waals surface area (Å²) in [6.45, 7) is 2.10. The summed E-state index contributed by atoms with van der Waals surface area (Å²) >= 11 is 1.53. The third kappa shape index (κ3) is 3.91. The molecule has 3 heterocycles. The molecule has 30 heavy (non-hydrogen) atoms. The van der Waals surface area contributed by atoms with Crippen molar-refractivity contribution in [1.82, 2.24) is 14.3 Å². The first-order chi connectivity index (χ1) is 14.5. The molecular formula is C20H20FN5O3S. The summed E-state index contributed by atoms with van der Waals surface area (Å²) in [5.74, 6) is 0.462. The van der Waals surface area contributed by atoms with E-state index in [4.69, 9.17) is 10.5 Å². The molecule has 156 valence electrons. The third-order valence-corrected chi connectivity index (χ3v) is 5.87. The number of anilines is 1. The predicted molar refractivity (Wildman–Crippen MR) is 112 cm³/mol. The summed E-state index contributed by atoms with van der Waals surface area (Å²) < 4.78 is 20.9. The first kappa shape index (κ1) is 20.0. The maximum atomic E-state index is 12.7. The molecule has 1 amide bonds. The molecule has 0 fully saturated rings. The normalized spacial score (nSPS) is 16.2. The van der Waals surface area contributed by atoms with Crippen molar-refractivity contribution < 1.29 is 13.9 Å². The highest BCUT2D eigenvalue weighted by Gasteiger charge is 2.23. The van der Waals surface area contributed by atoms with Gasteiger partial charge in [0.2, 0.25) is 0 Å². The van der Waals surface area contributed by atoms with E-state index in [2.05, 4.69) is 10.4 Å². The van der Waals surface area contributed by atoms with Crippen LogP contribution in [0.1, 0.15) is 11.8 Å². The van der Waals surface area contributed by atoms with E-state index < -0.39 is 6.10 Å². The zero-order chi connectivity index (χ0) is 21.3. The van der Waals surface area contributed by atoms with Crippen molar-refractivity contribution in [1.29, 1.82) is 0 Å². The smallest absolute Gasteiger partial charge is 0.346 e. The summed E-state index contributed by atoms with van der Waals surface area (Å²) in [6, 6.07) is 9.54. The molecule has 1 unspecified atom stereocenters. The second-order valence-corrected chi connectivity index (χ2v) is 8.07. The average molecular weight is 429 g/mol. The largest absolute Gasteiger partial charge is 0.479 e. The average Bonchev–Trinajstić information content (AvgIpc) is 3.34. The maximum absolute atomic E-state index is 12.7. The monoisotopic (exact) mass is 429 g/mol. The van der Waals surface area contributed by atoms with Crippen molar-refractivity contribution in [2.24, 2.45) is 5.73 Å². The molecule has 0 saturated heterocycles. The van der Waals surface area contributed by atoms with Crippen LogP contribution in [-0.4, -0.2) is 32.9 Å². The van der Waals surface area contributed by atoms with Gasteiger partial charge in [0.15, 0.2) is 6.10 Å². The molecule has 10 heteroatoms. The number of nitrogens with two attached hydrogens (primary N) is 1. The molecule has 0 aliphatic carbocycles. The fourth-order valence-corrected chi connectivity index (χ4v) is 4.08. The van der Waals surface area contributed by atoms with E-state index in [9.17, 15) is 14.0 Å². The SMILES string of the molecule is CC1Oc2ccc(-c3ccc(Cn4cnn(C/C(=C/F)CN)c4=O)s3)cc2NC1=O. The Labute approximate surface area is 175 Å². The maximum Gasteiger partial charge on any atom is 0.346 e. The van der Waals surface area contributed by atoms with E-state index in [0.29, 0.717) is 29.9 Å². The number of rotatable bonds is 6. The van der Waals surface area contributed by atoms with Crippen LogP contribution in [0.25, 0.3) is 10.4 Å². The highest BCUT2D eigenvalue weighted by atomic mass is 32.1. The van der Waals surface area contributed by atoms with Gasteiger partial charge in [0.1, 0.15) is 12.1 Å². The number of nitrogens with zero attached hydrogens (tertiary/aromatic N) is 3. The molecular weight excluding hydrogens is 409 g/mol. The van der Waals surface area contributed by atoms with E-state index >= 15 is 0 Å². The van der Waals surface area contributed by atoms with Crippen LogP contribution in [-0.2, 0) is 17.9 Å². The Balaban J connectivity index is 1.52. The third-order valence-electron chi connectivity index (χ3n) is 4.75. The van der Waals surface area contributed by atoms with Crippen molar-refractivity contribution in [2.75, 3.05) is 11.9 Å². The van der Waals surface area contributed by atoms with Gasteiger partial charge in [-0.25, -0.2) is 13.9 Å². The number of benzene rings is 1. The Bertz CT molecular complexity index is 1180. The summed E-state index contributed by atoms with van der Waals surface area (Å²) in [5.41, 5.74) is 6.97. The van der Waals surface area contributed by atoms with Crippen LogP contribution in [0, 0.1) is 0 Å². The molecule has 0 radical (unpaired) electrons. The number of thiophene rings is 1. The molecule has 8 nitrogen and oxygen atoms in total. The molecule has 1 aliphatic heterocycles. The zero-order valence-electron chi connectivity index (χ0n) is 16.2. The summed E-state index contributed by atoms with van der Waals surface area (Å²) in [7, 11) is 0. The highest BCUT2D eigenvalue weighted by Crippen LogP contribution is 2.36. The Kier molecular flexibility index (Phi) is 5.51. The van der Waals surface area contributed by atoms with Crippen molar-refractivity contribution in [3.8, 4) is 16.2 Å². The van der Waals surface area contributed by atoms with Crippen LogP contribution in [0.15, 0.2) is 53.4 Å². The molecule has 4 rings (SSSR count). The molecule has 3 N–H and O–H groups in total. The van der Waals surface area contributed by atoms with Gasteiger partial charge in [0, 0.05) is 16.3 Å². The minimum Gasteiger partial charge on any atom is -0.479 e. The van der Waals surface area contributed by atoms with Crippen LogP contribution in [0.5, 0.6) is 5.75 Å². The Morgan fingerprint density at radius 3 is 2.97 bits per heavy atom. The van der Waals surface area contributed by atoms with Crippen LogP contribution >= 0.6 is 11.3 Å². The molecule has 0 bridgehead atoms. The van der Waals surface area contributed by atoms with Gasteiger partial charge in [-0.15, -0.1) is 11.3 Å². The van der Waals surface area contributed by atoms with Gasteiger partial charge in [0.05, 0.1) is 25.1 Å². The summed E-state index contributed by atoms with van der Waals surface area (Å²) in [6.07, 6.45) is 1.32. The number of nitrogens with one attached hydrogen (secondary N) is 1. The van der Waals surface area contributed by atoms with E-state index in [1.54, 1.807) is 6.92 Å². The highest BCUT2D eigenvalue weighted by molar-refractivity contribution is 7.15. The van der Waals surface area contributed by atoms with Gasteiger partial charge in [-0.05, 0) is 48.4 Å². The molecule has 1 atom stereocenters. The molecule has 1 aromatic carbocycles. The van der Waals surface area contributed by atoms with Gasteiger partial charge in [-0.2, -0.15) is 5.10 Å². The van der Waals surface area contributed by atoms with Crippen molar-refractivity contribution in [3.63, 3.8) is 0 Å². The minimum atomic E-state index is -0.516. The van der Waals surface area contributed by atoms with E-state index in [1.165, 1.54) is 26.9 Å². The first-order valence-electron chi connectivity index (χ1n) is 9.29. The van der Waals surface area contributed by atoms with Gasteiger partial charge < -0.3 is 15.8 Å². The topological polar surface area (TPSA) is 104 Å². The number of aromatic nitrogens is 3. The van der Waals surface area contributed by atoms with Crippen LogP contribution in [0.3, 0.4) is 0 Å². The number of halogens is 1. The number of amides is 1. The fraction of sp³-hybridized carbons (Fsp3) is 0.250. The summed E-state index contributed by atoms with van der Waals surface area (Å²) in [5, 5.41) is 6.87. The zero-order valence-corrected chi connectivity index (χ0v) is 17.0. The number of carbonyl (C=O) groups is 1. The molecule has 0 spiro atoms. The minimum absolute atomic E-state index is 0.0231. The van der Waals surface area contributed by atoms with Crippen LogP contribution < -0.4 is 21.5 Å². The molecule has 1 aliphatic rings. The van der Waals surface area contributed by atoms with Crippen molar-refractivity contribution in [2.45, 2.75) is 26.1 Å². The van der Waals surface area contributed by atoms with E-state index in [1.807, 2.05) is 30.3 Å². The molecule has 0 saturated carbocycles. The van der Waals surface area contributed by atoms with Crippen molar-refractivity contribution in [3.05, 3.63) is 63.9 Å². The number of ether oxygens (including phenoxy) is 1. The quantitative estimate of drug-likeness (QED) is 0.626. The number of hydrogen-bond acceptors (Lipinski definition) is 6. The Morgan fingerprint density at radius 1 is 1.37 bits per heavy atom. The van der Waals surface area contributed by atoms with E-state index in [0.717, 1.165) is 15.3 Å². The lowest BCUT2D eigenvalue weighted by Crippen LogP contribution is -2.34. The van der Waals surface area contributed by atoms with Crippen molar-refractivity contribution >= 4 is 22.9 Å². The number of carbonyl (C=O) groups excluding carboxylic acids is 1. The standard InChI is InChI=1S/C20H20FN5O3S/c1-12-19(27)24-16-6-14(2-4-17(16)29-12)18-5-3-15(30-18)10-25-11-23-26(20(25)28)9-13(7-21)8-22/h2-7,11-12H,8-10,22H2,1H3,(H,24,27)/b13-7+. The van der Waals surface area contributed by atoms with E-state index in [-0.39, 0.29) is 24.7 Å². The molecule has 3 aromatic rings. The summed E-state index contributed by atoms with van der Waals surface area (Å²) in [4.78, 5) is 26.3. The Hall–Kier alpha value is -3.24. The number of hydrogen-bond donors (Lipinski definition) is 2. The lowest BCUT2D eigenvalue weighted by Gasteiger charge is -2.23. The van der Waals surface area contributed by atoms with Crippen LogP contribution in [0.2, 0.25) is 0 Å². The Morgan fingerprint density at radius 2 is 2.20 bits per heavy atom. The lowest BCUT2D eigenvalue weighted by atomic mass is 10.1.